The molecule has 25 heavy (non-hydrogen) atoms. The Labute approximate surface area is 151 Å². The van der Waals surface area contributed by atoms with Gasteiger partial charge >= 0.3 is 0 Å². The Hall–Kier alpha value is -1.88. The van der Waals surface area contributed by atoms with Crippen LogP contribution in [0.25, 0.3) is 0 Å². The average molecular weight is 345 g/mol. The number of carbonyl (C=O) groups excluding carboxylic acids is 2. The fourth-order valence-corrected chi connectivity index (χ4v) is 3.20. The van der Waals surface area contributed by atoms with Crippen molar-refractivity contribution >= 4 is 11.8 Å². The van der Waals surface area contributed by atoms with Crippen LogP contribution in [0.1, 0.15) is 45.1 Å². The lowest BCUT2D eigenvalue weighted by Crippen LogP contribution is -2.48. The summed E-state index contributed by atoms with van der Waals surface area (Å²) in [6.45, 7) is 6.12. The van der Waals surface area contributed by atoms with Gasteiger partial charge in [-0.1, -0.05) is 30.3 Å². The van der Waals surface area contributed by atoms with E-state index in [1.54, 1.807) is 0 Å². The summed E-state index contributed by atoms with van der Waals surface area (Å²) in [7, 11) is 0. The molecule has 2 N–H and O–H groups in total. The SMILES string of the molecule is CC(C)NC(=O)CN1CCC(NC(=O)CCCc2ccccc2)CC1. The van der Waals surface area contributed by atoms with Crippen LogP contribution in [0.2, 0.25) is 0 Å². The zero-order valence-electron chi connectivity index (χ0n) is 15.5. The quantitative estimate of drug-likeness (QED) is 0.759. The molecule has 2 rings (SSSR count). The number of likely N-dealkylation sites (tertiary alicyclic amines) is 1. The first-order valence-electron chi connectivity index (χ1n) is 9.38. The first-order chi connectivity index (χ1) is 12.0. The van der Waals surface area contributed by atoms with Crippen LogP contribution in [0.4, 0.5) is 0 Å². The number of nitrogens with zero attached hydrogens (tertiary/aromatic N) is 1. The summed E-state index contributed by atoms with van der Waals surface area (Å²) < 4.78 is 0. The van der Waals surface area contributed by atoms with Crippen LogP contribution in [0, 0.1) is 0 Å². The fourth-order valence-electron chi connectivity index (χ4n) is 3.20. The van der Waals surface area contributed by atoms with Crippen LogP contribution in [0.5, 0.6) is 0 Å². The molecule has 138 valence electrons. The van der Waals surface area contributed by atoms with Gasteiger partial charge in [0.2, 0.25) is 11.8 Å². The average Bonchev–Trinajstić information content (AvgIpc) is 2.57. The van der Waals surface area contributed by atoms with Crippen LogP contribution < -0.4 is 10.6 Å². The largest absolute Gasteiger partial charge is 0.353 e. The topological polar surface area (TPSA) is 61.4 Å². The number of hydrogen-bond donors (Lipinski definition) is 2. The van der Waals surface area contributed by atoms with Gasteiger partial charge in [0.05, 0.1) is 6.54 Å². The zero-order valence-corrected chi connectivity index (χ0v) is 15.5. The molecule has 1 aliphatic heterocycles. The highest BCUT2D eigenvalue weighted by Gasteiger charge is 2.22. The van der Waals surface area contributed by atoms with E-state index in [4.69, 9.17) is 0 Å². The third-order valence-corrected chi connectivity index (χ3v) is 4.48. The second kappa shape index (κ2) is 10.2. The first kappa shape index (κ1) is 19.4. The Balaban J connectivity index is 1.59. The van der Waals surface area contributed by atoms with Crippen LogP contribution >= 0.6 is 0 Å². The van der Waals surface area contributed by atoms with Gasteiger partial charge < -0.3 is 10.6 Å². The maximum Gasteiger partial charge on any atom is 0.234 e. The maximum absolute atomic E-state index is 12.1. The molecule has 5 heteroatoms. The molecule has 2 amide bonds. The molecule has 1 aromatic rings. The minimum absolute atomic E-state index is 0.0818. The normalized spacial score (nSPS) is 16.0. The maximum atomic E-state index is 12.1. The summed E-state index contributed by atoms with van der Waals surface area (Å²) in [6, 6.07) is 10.7. The Morgan fingerprint density at radius 2 is 1.80 bits per heavy atom. The van der Waals surface area contributed by atoms with E-state index >= 15 is 0 Å². The van der Waals surface area contributed by atoms with Crippen molar-refractivity contribution in [3.63, 3.8) is 0 Å². The second-order valence-corrected chi connectivity index (χ2v) is 7.18. The van der Waals surface area contributed by atoms with Crippen LogP contribution in [-0.2, 0) is 16.0 Å². The van der Waals surface area contributed by atoms with E-state index in [1.165, 1.54) is 5.56 Å². The second-order valence-electron chi connectivity index (χ2n) is 7.18. The van der Waals surface area contributed by atoms with E-state index in [9.17, 15) is 9.59 Å². The number of amides is 2. The Morgan fingerprint density at radius 3 is 2.44 bits per heavy atom. The van der Waals surface area contributed by atoms with E-state index in [0.29, 0.717) is 13.0 Å². The lowest BCUT2D eigenvalue weighted by Gasteiger charge is -2.32. The van der Waals surface area contributed by atoms with E-state index < -0.39 is 0 Å². The summed E-state index contributed by atoms with van der Waals surface area (Å²) in [5.41, 5.74) is 1.28. The lowest BCUT2D eigenvalue weighted by molar-refractivity contribution is -0.124. The van der Waals surface area contributed by atoms with Gasteiger partial charge in [-0.25, -0.2) is 0 Å². The van der Waals surface area contributed by atoms with E-state index in [-0.39, 0.29) is 23.9 Å². The molecule has 1 saturated heterocycles. The molecule has 0 aliphatic carbocycles. The molecular weight excluding hydrogens is 314 g/mol. The van der Waals surface area contributed by atoms with Gasteiger partial charge in [-0.2, -0.15) is 0 Å². The molecule has 0 spiro atoms. The fraction of sp³-hybridized carbons (Fsp3) is 0.600. The van der Waals surface area contributed by atoms with Crippen molar-refractivity contribution in [3.8, 4) is 0 Å². The number of benzene rings is 1. The Bertz CT molecular complexity index is 537. The van der Waals surface area contributed by atoms with Crippen molar-refractivity contribution in [1.29, 1.82) is 0 Å². The molecule has 0 unspecified atom stereocenters. The lowest BCUT2D eigenvalue weighted by atomic mass is 10.0. The molecule has 0 radical (unpaired) electrons. The molecule has 1 aromatic carbocycles. The molecule has 1 fully saturated rings. The smallest absolute Gasteiger partial charge is 0.234 e. The van der Waals surface area contributed by atoms with Crippen molar-refractivity contribution in [2.24, 2.45) is 0 Å². The van der Waals surface area contributed by atoms with Gasteiger partial charge in [-0.3, -0.25) is 14.5 Å². The van der Waals surface area contributed by atoms with Crippen molar-refractivity contribution in [1.82, 2.24) is 15.5 Å². The highest BCUT2D eigenvalue weighted by atomic mass is 16.2. The van der Waals surface area contributed by atoms with E-state index in [0.717, 1.165) is 38.8 Å². The van der Waals surface area contributed by atoms with Crippen LogP contribution in [0.15, 0.2) is 30.3 Å². The summed E-state index contributed by atoms with van der Waals surface area (Å²) in [5.74, 6) is 0.227. The number of aryl methyl sites for hydroxylation is 1. The number of piperidine rings is 1. The molecule has 0 saturated carbocycles. The number of hydrogen-bond acceptors (Lipinski definition) is 3. The summed E-state index contributed by atoms with van der Waals surface area (Å²) in [4.78, 5) is 26.0. The summed E-state index contributed by atoms with van der Waals surface area (Å²) >= 11 is 0. The predicted molar refractivity (Wildman–Crippen MR) is 100 cm³/mol. The molecular formula is C20H31N3O2. The molecule has 0 bridgehead atoms. The number of nitrogens with one attached hydrogen (secondary N) is 2. The highest BCUT2D eigenvalue weighted by molar-refractivity contribution is 5.78. The molecule has 1 heterocycles. The third-order valence-electron chi connectivity index (χ3n) is 4.48. The van der Waals surface area contributed by atoms with Crippen LogP contribution in [-0.4, -0.2) is 48.4 Å². The van der Waals surface area contributed by atoms with Crippen molar-refractivity contribution in [2.45, 2.75) is 58.0 Å². The van der Waals surface area contributed by atoms with Crippen molar-refractivity contribution < 1.29 is 9.59 Å². The molecule has 0 aromatic heterocycles. The molecule has 0 atom stereocenters. The molecule has 1 aliphatic rings. The van der Waals surface area contributed by atoms with E-state index in [1.807, 2.05) is 32.0 Å². The molecule has 5 nitrogen and oxygen atoms in total. The predicted octanol–water partition coefficient (Wildman–Crippen LogP) is 2.11. The van der Waals surface area contributed by atoms with E-state index in [2.05, 4.69) is 27.7 Å². The van der Waals surface area contributed by atoms with Crippen molar-refractivity contribution in [2.75, 3.05) is 19.6 Å². The summed E-state index contributed by atoms with van der Waals surface area (Å²) in [5, 5.41) is 6.06. The minimum atomic E-state index is 0.0818. The first-order valence-corrected chi connectivity index (χ1v) is 9.38. The van der Waals surface area contributed by atoms with Gasteiger partial charge in [0.15, 0.2) is 0 Å². The van der Waals surface area contributed by atoms with Crippen molar-refractivity contribution in [3.05, 3.63) is 35.9 Å². The Kier molecular flexibility index (Phi) is 7.92. The summed E-state index contributed by atoms with van der Waals surface area (Å²) in [6.07, 6.45) is 4.23. The Morgan fingerprint density at radius 1 is 1.12 bits per heavy atom. The number of carbonyl (C=O) groups is 2. The monoisotopic (exact) mass is 345 g/mol. The van der Waals surface area contributed by atoms with Gasteiger partial charge in [0.25, 0.3) is 0 Å². The van der Waals surface area contributed by atoms with Gasteiger partial charge in [0, 0.05) is 31.6 Å². The van der Waals surface area contributed by atoms with Gasteiger partial charge in [0.1, 0.15) is 0 Å². The van der Waals surface area contributed by atoms with Gasteiger partial charge in [-0.05, 0) is 45.1 Å². The third kappa shape index (κ3) is 7.69. The zero-order chi connectivity index (χ0) is 18.1. The highest BCUT2D eigenvalue weighted by Crippen LogP contribution is 2.11. The number of rotatable bonds is 8. The van der Waals surface area contributed by atoms with Gasteiger partial charge in [-0.15, -0.1) is 0 Å². The standard InChI is InChI=1S/C20H31N3O2/c1-16(2)21-20(25)15-23-13-11-18(12-14-23)22-19(24)10-6-9-17-7-4-3-5-8-17/h3-5,7-8,16,18H,6,9-15H2,1-2H3,(H,21,25)(H,22,24). The minimum Gasteiger partial charge on any atom is -0.353 e. The van der Waals surface area contributed by atoms with Crippen LogP contribution in [0.3, 0.4) is 0 Å².